The van der Waals surface area contributed by atoms with E-state index < -0.39 is 18.1 Å². The van der Waals surface area contributed by atoms with Gasteiger partial charge in [-0.1, -0.05) is 30.3 Å². The molecule has 1 amide bonds. The number of esters is 1. The normalized spacial score (nSPS) is 17.1. The van der Waals surface area contributed by atoms with E-state index in [4.69, 9.17) is 18.9 Å². The maximum Gasteiger partial charge on any atom is 0.336 e. The van der Waals surface area contributed by atoms with E-state index in [0.717, 1.165) is 0 Å². The molecule has 1 saturated heterocycles. The molecule has 0 radical (unpaired) electrons. The van der Waals surface area contributed by atoms with Gasteiger partial charge in [-0.2, -0.15) is 0 Å². The van der Waals surface area contributed by atoms with E-state index in [1.54, 1.807) is 73.8 Å². The molecule has 1 aliphatic rings. The molecule has 1 aliphatic heterocycles. The first-order chi connectivity index (χ1) is 17.5. The molecule has 1 fully saturated rings. The third-order valence-electron chi connectivity index (χ3n) is 5.69. The molecular weight excluding hydrogens is 462 g/mol. The summed E-state index contributed by atoms with van der Waals surface area (Å²) in [6.45, 7) is -0.170. The van der Waals surface area contributed by atoms with Gasteiger partial charge in [0, 0.05) is 5.69 Å². The van der Waals surface area contributed by atoms with Crippen LogP contribution in [0.25, 0.3) is 0 Å². The Bertz CT molecular complexity index is 1250. The third kappa shape index (κ3) is 5.22. The molecule has 3 aromatic rings. The Morgan fingerprint density at radius 1 is 0.917 bits per heavy atom. The van der Waals surface area contributed by atoms with Gasteiger partial charge in [0.2, 0.25) is 6.10 Å². The number of ether oxygens (including phenoxy) is 4. The molecule has 184 valence electrons. The largest absolute Gasteiger partial charge is 0.497 e. The summed E-state index contributed by atoms with van der Waals surface area (Å²) in [5, 5.41) is 0. The molecule has 0 aliphatic carbocycles. The van der Waals surface area contributed by atoms with Crippen LogP contribution in [0.3, 0.4) is 0 Å². The summed E-state index contributed by atoms with van der Waals surface area (Å²) in [5.41, 5.74) is 1.15. The van der Waals surface area contributed by atoms with Gasteiger partial charge in [0.25, 0.3) is 5.91 Å². The van der Waals surface area contributed by atoms with Gasteiger partial charge in [-0.3, -0.25) is 14.5 Å². The highest BCUT2D eigenvalue weighted by Gasteiger charge is 2.49. The Morgan fingerprint density at radius 3 is 2.28 bits per heavy atom. The lowest BCUT2D eigenvalue weighted by Gasteiger charge is -2.45. The monoisotopic (exact) mass is 487 g/mol. The molecule has 1 heterocycles. The van der Waals surface area contributed by atoms with Crippen LogP contribution >= 0.6 is 0 Å². The van der Waals surface area contributed by atoms with Crippen LogP contribution in [-0.4, -0.2) is 51.1 Å². The third-order valence-corrected chi connectivity index (χ3v) is 5.69. The van der Waals surface area contributed by atoms with E-state index in [9.17, 15) is 14.4 Å². The van der Waals surface area contributed by atoms with E-state index in [-0.39, 0.29) is 18.1 Å². The van der Waals surface area contributed by atoms with Crippen LogP contribution in [0.5, 0.6) is 17.2 Å². The number of hydrogen-bond acceptors (Lipinski definition) is 7. The molecule has 0 N–H and O–H groups in total. The minimum atomic E-state index is -0.864. The van der Waals surface area contributed by atoms with Crippen LogP contribution in [0.4, 0.5) is 5.69 Å². The summed E-state index contributed by atoms with van der Waals surface area (Å²) in [6.07, 6.45) is 1.42. The quantitative estimate of drug-likeness (QED) is 0.186. The van der Waals surface area contributed by atoms with Crippen molar-refractivity contribution in [1.29, 1.82) is 0 Å². The van der Waals surface area contributed by atoms with Gasteiger partial charge in [-0.25, -0.2) is 4.79 Å². The van der Waals surface area contributed by atoms with Crippen molar-refractivity contribution in [3.63, 3.8) is 0 Å². The summed E-state index contributed by atoms with van der Waals surface area (Å²) < 4.78 is 21.9. The van der Waals surface area contributed by atoms with E-state index in [0.29, 0.717) is 34.8 Å². The van der Waals surface area contributed by atoms with E-state index >= 15 is 0 Å². The van der Waals surface area contributed by atoms with Gasteiger partial charge >= 0.3 is 5.97 Å². The minimum Gasteiger partial charge on any atom is -0.497 e. The van der Waals surface area contributed by atoms with Crippen LogP contribution < -0.4 is 19.1 Å². The first-order valence-electron chi connectivity index (χ1n) is 11.2. The zero-order valence-corrected chi connectivity index (χ0v) is 19.8. The molecule has 4 rings (SSSR count). The highest BCUT2D eigenvalue weighted by Crippen LogP contribution is 2.34. The Kier molecular flexibility index (Phi) is 7.65. The molecule has 0 spiro atoms. The molecule has 2 atom stereocenters. The lowest BCUT2D eigenvalue weighted by atomic mass is 9.94. The number of para-hydroxylation sites is 2. The molecular formula is C28H25NO7. The number of aldehydes is 1. The number of methoxy groups -OCH3 is 2. The second-order valence-corrected chi connectivity index (χ2v) is 7.88. The zero-order valence-electron chi connectivity index (χ0n) is 19.8. The predicted molar refractivity (Wildman–Crippen MR) is 133 cm³/mol. The van der Waals surface area contributed by atoms with Gasteiger partial charge in [0.1, 0.15) is 29.9 Å². The van der Waals surface area contributed by atoms with E-state index in [1.165, 1.54) is 12.0 Å². The topological polar surface area (TPSA) is 91.4 Å². The Morgan fingerprint density at radius 2 is 1.61 bits per heavy atom. The summed E-state index contributed by atoms with van der Waals surface area (Å²) in [7, 11) is 2.82. The average Bonchev–Trinajstić information content (AvgIpc) is 2.93. The molecule has 0 unspecified atom stereocenters. The molecule has 36 heavy (non-hydrogen) atoms. The maximum atomic E-state index is 13.2. The average molecular weight is 488 g/mol. The number of amides is 1. The van der Waals surface area contributed by atoms with Crippen molar-refractivity contribution in [1.82, 2.24) is 0 Å². The molecule has 0 bridgehead atoms. The van der Waals surface area contributed by atoms with Crippen molar-refractivity contribution >= 4 is 23.9 Å². The fourth-order valence-corrected chi connectivity index (χ4v) is 3.83. The highest BCUT2D eigenvalue weighted by molar-refractivity contribution is 6.06. The molecule has 0 saturated carbocycles. The lowest BCUT2D eigenvalue weighted by Crippen LogP contribution is -2.67. The second-order valence-electron chi connectivity index (χ2n) is 7.88. The first kappa shape index (κ1) is 24.5. The van der Waals surface area contributed by atoms with Gasteiger partial charge < -0.3 is 18.9 Å². The smallest absolute Gasteiger partial charge is 0.336 e. The molecule has 8 heteroatoms. The van der Waals surface area contributed by atoms with Crippen LogP contribution in [0, 0.1) is 0 Å². The van der Waals surface area contributed by atoms with Gasteiger partial charge in [0.15, 0.2) is 6.29 Å². The van der Waals surface area contributed by atoms with Crippen molar-refractivity contribution in [2.75, 3.05) is 25.7 Å². The Hall–Kier alpha value is -4.59. The lowest BCUT2D eigenvalue weighted by molar-refractivity contribution is -0.137. The number of benzene rings is 3. The number of carbonyl (C=O) groups excluding carboxylic acids is 3. The molecule has 0 aromatic heterocycles. The maximum absolute atomic E-state index is 13.2. The van der Waals surface area contributed by atoms with Crippen LogP contribution in [0.2, 0.25) is 0 Å². The molecule has 3 aromatic carbocycles. The summed E-state index contributed by atoms with van der Waals surface area (Å²) >= 11 is 0. The van der Waals surface area contributed by atoms with Gasteiger partial charge in [-0.05, 0) is 54.6 Å². The SMILES string of the molecule is COC(=O)/C(=C\[C@H]1[C@H](Oc2ccccc2)C(=O)N1c1ccc(OC)cc1)COc1ccccc1C=O. The Labute approximate surface area is 208 Å². The number of nitrogens with zero attached hydrogens (tertiary/aromatic N) is 1. The van der Waals surface area contributed by atoms with Crippen molar-refractivity contribution in [3.05, 3.63) is 96.1 Å². The van der Waals surface area contributed by atoms with Gasteiger partial charge in [0.05, 0.1) is 25.4 Å². The van der Waals surface area contributed by atoms with Crippen LogP contribution in [0.15, 0.2) is 90.5 Å². The fourth-order valence-electron chi connectivity index (χ4n) is 3.83. The second kappa shape index (κ2) is 11.2. The van der Waals surface area contributed by atoms with Gasteiger partial charge in [-0.15, -0.1) is 0 Å². The highest BCUT2D eigenvalue weighted by atomic mass is 16.5. The van der Waals surface area contributed by atoms with Crippen molar-refractivity contribution in [2.24, 2.45) is 0 Å². The van der Waals surface area contributed by atoms with Crippen molar-refractivity contribution in [2.45, 2.75) is 12.1 Å². The van der Waals surface area contributed by atoms with Crippen molar-refractivity contribution < 1.29 is 33.3 Å². The number of carbonyl (C=O) groups is 3. The van der Waals surface area contributed by atoms with Crippen molar-refractivity contribution in [3.8, 4) is 17.2 Å². The number of hydrogen-bond donors (Lipinski definition) is 0. The first-order valence-corrected chi connectivity index (χ1v) is 11.2. The predicted octanol–water partition coefficient (Wildman–Crippen LogP) is 3.85. The zero-order chi connectivity index (χ0) is 25.5. The van der Waals surface area contributed by atoms with Crippen LogP contribution in [-0.2, 0) is 14.3 Å². The number of β-lactam (4-membered cyclic amide) rings is 1. The van der Waals surface area contributed by atoms with E-state index in [2.05, 4.69) is 0 Å². The summed E-state index contributed by atoms with van der Waals surface area (Å²) in [6, 6.07) is 22.0. The Balaban J connectivity index is 1.66. The number of rotatable bonds is 10. The number of anilines is 1. The fraction of sp³-hybridized carbons (Fsp3) is 0.179. The summed E-state index contributed by atoms with van der Waals surface area (Å²) in [4.78, 5) is 38.7. The summed E-state index contributed by atoms with van der Waals surface area (Å²) in [5.74, 6) is 0.622. The minimum absolute atomic E-state index is 0.170. The van der Waals surface area contributed by atoms with E-state index in [1.807, 2.05) is 18.2 Å². The standard InChI is InChI=1S/C28H25NO7/c1-33-22-14-12-21(13-15-22)29-24(26(27(29)31)36-23-9-4-3-5-10-23)16-20(28(32)34-2)18-35-25-11-7-6-8-19(25)17-30/h3-17,24,26H,18H2,1-2H3/b20-16-/t24-,26-/m0/s1. The van der Waals surface area contributed by atoms with Crippen LogP contribution in [0.1, 0.15) is 10.4 Å². The molecule has 8 nitrogen and oxygen atoms in total.